The molecule has 0 saturated carbocycles. The van der Waals surface area contributed by atoms with Crippen molar-refractivity contribution >= 4 is 5.96 Å². The maximum absolute atomic E-state index is 5.25. The van der Waals surface area contributed by atoms with E-state index in [0.717, 1.165) is 12.0 Å². The number of rotatable bonds is 5. The molecule has 0 aromatic heterocycles. The number of aliphatic imine (C=N–C) groups is 1. The normalized spacial score (nSPS) is 11.2. The molecule has 0 aromatic carbocycles. The van der Waals surface area contributed by atoms with Gasteiger partial charge < -0.3 is 11.5 Å². The minimum atomic E-state index is 0.134. The lowest BCUT2D eigenvalue weighted by molar-refractivity contribution is 0.998. The highest BCUT2D eigenvalue weighted by Gasteiger charge is 1.93. The molecule has 0 radical (unpaired) electrons. The monoisotopic (exact) mass is 223 g/mol. The molecule has 0 aliphatic rings. The topological polar surface area (TPSA) is 64.4 Å². The lowest BCUT2D eigenvalue weighted by atomic mass is 10.1. The van der Waals surface area contributed by atoms with Crippen LogP contribution in [0.5, 0.6) is 0 Å². The van der Waals surface area contributed by atoms with Crippen molar-refractivity contribution in [1.82, 2.24) is 0 Å². The highest BCUT2D eigenvalue weighted by atomic mass is 15.0. The Morgan fingerprint density at radius 1 is 1.31 bits per heavy atom. The molecule has 16 heavy (non-hydrogen) atoms. The molecule has 3 heteroatoms. The van der Waals surface area contributed by atoms with Crippen molar-refractivity contribution < 1.29 is 0 Å². The van der Waals surface area contributed by atoms with Gasteiger partial charge in [0.25, 0.3) is 0 Å². The summed E-state index contributed by atoms with van der Waals surface area (Å²) < 4.78 is 0. The van der Waals surface area contributed by atoms with Gasteiger partial charge in [-0.25, -0.2) is 4.99 Å². The molecular formula is C13H25N3. The molecule has 0 amide bonds. The summed E-state index contributed by atoms with van der Waals surface area (Å²) >= 11 is 0. The highest BCUT2D eigenvalue weighted by Crippen LogP contribution is 2.06. The summed E-state index contributed by atoms with van der Waals surface area (Å²) in [5.74, 6) is 0.134. The van der Waals surface area contributed by atoms with Crippen LogP contribution in [-0.4, -0.2) is 12.5 Å². The molecule has 92 valence electrons. The predicted octanol–water partition coefficient (Wildman–Crippen LogP) is 2.75. The van der Waals surface area contributed by atoms with Gasteiger partial charge in [-0.15, -0.1) is 0 Å². The Bertz CT molecular complexity index is 269. The quantitative estimate of drug-likeness (QED) is 0.427. The SMILES string of the molecule is C=C/C=C(C)/C=C(\CC)CN=C(N)N.CC. The third-order valence-electron chi connectivity index (χ3n) is 1.73. The minimum absolute atomic E-state index is 0.134. The molecule has 0 atom stereocenters. The fraction of sp³-hybridized carbons (Fsp3) is 0.462. The summed E-state index contributed by atoms with van der Waals surface area (Å²) in [5, 5.41) is 0. The van der Waals surface area contributed by atoms with E-state index in [4.69, 9.17) is 11.5 Å². The zero-order valence-electron chi connectivity index (χ0n) is 11.0. The second kappa shape index (κ2) is 11.6. The number of guanidine groups is 1. The number of allylic oxidation sites excluding steroid dienone is 4. The maximum atomic E-state index is 5.25. The number of nitrogens with two attached hydrogens (primary N) is 2. The molecule has 0 aliphatic carbocycles. The molecule has 0 aliphatic heterocycles. The molecule has 0 rings (SSSR count). The van der Waals surface area contributed by atoms with Crippen LogP contribution in [0.1, 0.15) is 34.1 Å². The average molecular weight is 223 g/mol. The van der Waals surface area contributed by atoms with E-state index in [9.17, 15) is 0 Å². The Balaban J connectivity index is 0. The van der Waals surface area contributed by atoms with Crippen LogP contribution < -0.4 is 11.5 Å². The first-order chi connectivity index (χ1) is 7.60. The van der Waals surface area contributed by atoms with E-state index in [0.29, 0.717) is 6.54 Å². The van der Waals surface area contributed by atoms with Crippen molar-refractivity contribution in [3.63, 3.8) is 0 Å². The van der Waals surface area contributed by atoms with E-state index in [2.05, 4.69) is 24.6 Å². The molecule has 0 heterocycles. The van der Waals surface area contributed by atoms with Crippen molar-refractivity contribution in [3.8, 4) is 0 Å². The molecule has 0 saturated heterocycles. The van der Waals surface area contributed by atoms with Crippen LogP contribution in [0.15, 0.2) is 40.9 Å². The van der Waals surface area contributed by atoms with Crippen LogP contribution in [0.4, 0.5) is 0 Å². The number of hydrogen-bond donors (Lipinski definition) is 2. The average Bonchev–Trinajstić information content (AvgIpc) is 2.27. The molecule has 0 spiro atoms. The lowest BCUT2D eigenvalue weighted by Crippen LogP contribution is -2.23. The van der Waals surface area contributed by atoms with Gasteiger partial charge in [0, 0.05) is 0 Å². The van der Waals surface area contributed by atoms with E-state index in [-0.39, 0.29) is 5.96 Å². The van der Waals surface area contributed by atoms with E-state index >= 15 is 0 Å². The van der Waals surface area contributed by atoms with Gasteiger partial charge in [-0.2, -0.15) is 0 Å². The Labute approximate surface area is 99.6 Å². The van der Waals surface area contributed by atoms with E-state index < -0.39 is 0 Å². The molecule has 3 nitrogen and oxygen atoms in total. The smallest absolute Gasteiger partial charge is 0.186 e. The van der Waals surface area contributed by atoms with Crippen molar-refractivity contribution in [1.29, 1.82) is 0 Å². The summed E-state index contributed by atoms with van der Waals surface area (Å²) in [5.41, 5.74) is 12.9. The van der Waals surface area contributed by atoms with Gasteiger partial charge in [-0.1, -0.05) is 51.2 Å². The molecule has 4 N–H and O–H groups in total. The summed E-state index contributed by atoms with van der Waals surface area (Å²) in [4.78, 5) is 3.96. The largest absolute Gasteiger partial charge is 0.370 e. The van der Waals surface area contributed by atoms with Gasteiger partial charge >= 0.3 is 0 Å². The molecule has 0 bridgehead atoms. The Kier molecular flexibility index (Phi) is 12.2. The summed E-state index contributed by atoms with van der Waals surface area (Å²) in [7, 11) is 0. The predicted molar refractivity (Wildman–Crippen MR) is 74.4 cm³/mol. The lowest BCUT2D eigenvalue weighted by Gasteiger charge is -2.01. The van der Waals surface area contributed by atoms with Crippen molar-refractivity contribution in [2.24, 2.45) is 16.5 Å². The Hall–Kier alpha value is -1.51. The van der Waals surface area contributed by atoms with Crippen molar-refractivity contribution in [2.45, 2.75) is 34.1 Å². The first-order valence-electron chi connectivity index (χ1n) is 5.64. The van der Waals surface area contributed by atoms with Crippen LogP contribution in [0.25, 0.3) is 0 Å². The first-order valence-corrected chi connectivity index (χ1v) is 5.64. The highest BCUT2D eigenvalue weighted by molar-refractivity contribution is 5.75. The number of hydrogen-bond acceptors (Lipinski definition) is 1. The van der Waals surface area contributed by atoms with Crippen LogP contribution >= 0.6 is 0 Å². The van der Waals surface area contributed by atoms with E-state index in [1.54, 1.807) is 6.08 Å². The zero-order valence-corrected chi connectivity index (χ0v) is 11.0. The Morgan fingerprint density at radius 2 is 1.88 bits per heavy atom. The maximum Gasteiger partial charge on any atom is 0.186 e. The van der Waals surface area contributed by atoms with Crippen LogP contribution in [0.3, 0.4) is 0 Å². The number of nitrogens with zero attached hydrogens (tertiary/aromatic N) is 1. The third kappa shape index (κ3) is 10.6. The second-order valence-corrected chi connectivity index (χ2v) is 3.04. The summed E-state index contributed by atoms with van der Waals surface area (Å²) in [6.07, 6.45) is 6.73. The molecule has 0 unspecified atom stereocenters. The van der Waals surface area contributed by atoms with Crippen LogP contribution in [0, 0.1) is 0 Å². The van der Waals surface area contributed by atoms with Gasteiger partial charge in [-0.3, -0.25) is 0 Å². The second-order valence-electron chi connectivity index (χ2n) is 3.04. The van der Waals surface area contributed by atoms with Gasteiger partial charge in [-0.05, 0) is 18.9 Å². The van der Waals surface area contributed by atoms with Crippen molar-refractivity contribution in [3.05, 3.63) is 36.0 Å². The van der Waals surface area contributed by atoms with Crippen LogP contribution in [0.2, 0.25) is 0 Å². The Morgan fingerprint density at radius 3 is 2.25 bits per heavy atom. The fourth-order valence-electron chi connectivity index (χ4n) is 1.01. The standard InChI is InChI=1S/C11H19N3.C2H6/c1-4-6-9(3)7-10(5-2)8-14-11(12)13;1-2/h4,6-7H,1,5,8H2,2-3H3,(H4,12,13,14);1-2H3/b9-6+,10-7+;. The van der Waals surface area contributed by atoms with E-state index in [1.807, 2.05) is 26.8 Å². The van der Waals surface area contributed by atoms with Gasteiger partial charge in [0.15, 0.2) is 5.96 Å². The van der Waals surface area contributed by atoms with Crippen LogP contribution in [-0.2, 0) is 0 Å². The fourth-order valence-corrected chi connectivity index (χ4v) is 1.01. The minimum Gasteiger partial charge on any atom is -0.370 e. The summed E-state index contributed by atoms with van der Waals surface area (Å²) in [6, 6.07) is 0. The summed E-state index contributed by atoms with van der Waals surface area (Å²) in [6.45, 7) is 12.3. The molecule has 0 aromatic rings. The van der Waals surface area contributed by atoms with E-state index in [1.165, 1.54) is 5.57 Å². The van der Waals surface area contributed by atoms with Gasteiger partial charge in [0.05, 0.1) is 6.54 Å². The third-order valence-corrected chi connectivity index (χ3v) is 1.73. The first kappa shape index (κ1) is 16.9. The van der Waals surface area contributed by atoms with Gasteiger partial charge in [0.2, 0.25) is 0 Å². The molecule has 0 fully saturated rings. The zero-order chi connectivity index (χ0) is 13.0. The molecular weight excluding hydrogens is 198 g/mol. The van der Waals surface area contributed by atoms with Crippen molar-refractivity contribution in [2.75, 3.05) is 6.54 Å². The van der Waals surface area contributed by atoms with Gasteiger partial charge in [0.1, 0.15) is 0 Å².